The first-order valence-electron chi connectivity index (χ1n) is 4.23. The summed E-state index contributed by atoms with van der Waals surface area (Å²) in [5, 5.41) is 3.22. The molecule has 3 N–H and O–H groups in total. The molecule has 13 heavy (non-hydrogen) atoms. The van der Waals surface area contributed by atoms with Crippen molar-refractivity contribution in [2.75, 3.05) is 11.9 Å². The highest BCUT2D eigenvalue weighted by Crippen LogP contribution is 2.23. The van der Waals surface area contributed by atoms with Crippen LogP contribution in [0.15, 0.2) is 16.7 Å². The summed E-state index contributed by atoms with van der Waals surface area (Å²) in [6.07, 6.45) is 1.78. The summed E-state index contributed by atoms with van der Waals surface area (Å²) in [4.78, 5) is 4.21. The van der Waals surface area contributed by atoms with Gasteiger partial charge in [-0.2, -0.15) is 0 Å². The Morgan fingerprint density at radius 1 is 1.69 bits per heavy atom. The Balaban J connectivity index is 2.83. The molecule has 0 aliphatic heterocycles. The maximum Gasteiger partial charge on any atom is 0.140 e. The summed E-state index contributed by atoms with van der Waals surface area (Å²) in [7, 11) is 0. The van der Waals surface area contributed by atoms with Gasteiger partial charge in [-0.15, -0.1) is 0 Å². The number of hydrogen-bond acceptors (Lipinski definition) is 3. The van der Waals surface area contributed by atoms with Crippen LogP contribution in [0.4, 0.5) is 5.82 Å². The third kappa shape index (κ3) is 2.67. The smallest absolute Gasteiger partial charge is 0.140 e. The van der Waals surface area contributed by atoms with E-state index in [9.17, 15) is 0 Å². The van der Waals surface area contributed by atoms with Crippen molar-refractivity contribution in [2.45, 2.75) is 19.9 Å². The van der Waals surface area contributed by atoms with Crippen LogP contribution in [0.5, 0.6) is 0 Å². The van der Waals surface area contributed by atoms with Gasteiger partial charge in [0.05, 0.1) is 4.47 Å². The van der Waals surface area contributed by atoms with Crippen LogP contribution in [0.25, 0.3) is 0 Å². The molecule has 1 unspecified atom stereocenters. The second-order valence-electron chi connectivity index (χ2n) is 3.07. The van der Waals surface area contributed by atoms with Crippen molar-refractivity contribution in [1.29, 1.82) is 0 Å². The third-order valence-corrected chi connectivity index (χ3v) is 2.82. The van der Waals surface area contributed by atoms with Crippen LogP contribution < -0.4 is 11.1 Å². The molecule has 1 atom stereocenters. The van der Waals surface area contributed by atoms with E-state index < -0.39 is 0 Å². The molecule has 1 rings (SSSR count). The van der Waals surface area contributed by atoms with E-state index in [2.05, 4.69) is 26.2 Å². The standard InChI is InChI=1S/C9H14BrN3/c1-6-3-4-12-9(8(6)10)13-7(2)5-11/h3-4,7H,5,11H2,1-2H3,(H,12,13). The molecular formula is C9H14BrN3. The highest BCUT2D eigenvalue weighted by molar-refractivity contribution is 9.10. The monoisotopic (exact) mass is 243 g/mol. The van der Waals surface area contributed by atoms with Gasteiger partial charge in [0.2, 0.25) is 0 Å². The molecule has 0 radical (unpaired) electrons. The van der Waals surface area contributed by atoms with Crippen molar-refractivity contribution < 1.29 is 0 Å². The van der Waals surface area contributed by atoms with Gasteiger partial charge >= 0.3 is 0 Å². The third-order valence-electron chi connectivity index (χ3n) is 1.82. The first kappa shape index (κ1) is 10.5. The van der Waals surface area contributed by atoms with Crippen LogP contribution >= 0.6 is 15.9 Å². The number of nitrogens with one attached hydrogen (secondary N) is 1. The van der Waals surface area contributed by atoms with Crippen LogP contribution in [0.1, 0.15) is 12.5 Å². The van der Waals surface area contributed by atoms with Crippen molar-refractivity contribution >= 4 is 21.7 Å². The average Bonchev–Trinajstić information content (AvgIpc) is 2.13. The molecule has 0 fully saturated rings. The number of aryl methyl sites for hydroxylation is 1. The largest absolute Gasteiger partial charge is 0.365 e. The number of rotatable bonds is 3. The van der Waals surface area contributed by atoms with Gasteiger partial charge in [0.15, 0.2) is 0 Å². The Morgan fingerprint density at radius 3 is 3.00 bits per heavy atom. The number of hydrogen-bond donors (Lipinski definition) is 2. The Hall–Kier alpha value is -0.610. The van der Waals surface area contributed by atoms with E-state index in [1.807, 2.05) is 19.9 Å². The van der Waals surface area contributed by atoms with Gasteiger partial charge in [0.25, 0.3) is 0 Å². The summed E-state index contributed by atoms with van der Waals surface area (Å²) in [5.74, 6) is 0.859. The first-order valence-corrected chi connectivity index (χ1v) is 5.02. The zero-order chi connectivity index (χ0) is 9.84. The summed E-state index contributed by atoms with van der Waals surface area (Å²) in [6, 6.07) is 2.20. The number of pyridine rings is 1. The number of nitrogens with two attached hydrogens (primary N) is 1. The molecular weight excluding hydrogens is 230 g/mol. The fourth-order valence-electron chi connectivity index (χ4n) is 0.933. The fraction of sp³-hybridized carbons (Fsp3) is 0.444. The van der Waals surface area contributed by atoms with E-state index in [1.165, 1.54) is 5.56 Å². The lowest BCUT2D eigenvalue weighted by Crippen LogP contribution is -2.25. The average molecular weight is 244 g/mol. The highest BCUT2D eigenvalue weighted by atomic mass is 79.9. The number of nitrogens with zero attached hydrogens (tertiary/aromatic N) is 1. The van der Waals surface area contributed by atoms with E-state index in [4.69, 9.17) is 5.73 Å². The molecule has 72 valence electrons. The van der Waals surface area contributed by atoms with E-state index in [0.717, 1.165) is 10.3 Å². The van der Waals surface area contributed by atoms with Gasteiger partial charge in [-0.25, -0.2) is 4.98 Å². The molecule has 0 aromatic carbocycles. The molecule has 3 nitrogen and oxygen atoms in total. The SMILES string of the molecule is Cc1ccnc(NC(C)CN)c1Br. The van der Waals surface area contributed by atoms with Crippen LogP contribution in [0, 0.1) is 6.92 Å². The Labute approximate surface area is 86.9 Å². The van der Waals surface area contributed by atoms with E-state index in [-0.39, 0.29) is 6.04 Å². The predicted molar refractivity (Wildman–Crippen MR) is 58.8 cm³/mol. The van der Waals surface area contributed by atoms with Crippen molar-refractivity contribution in [3.8, 4) is 0 Å². The van der Waals surface area contributed by atoms with Crippen LogP contribution in [-0.2, 0) is 0 Å². The zero-order valence-corrected chi connectivity index (χ0v) is 9.43. The topological polar surface area (TPSA) is 50.9 Å². The summed E-state index contributed by atoms with van der Waals surface area (Å²) in [5.41, 5.74) is 6.67. The Bertz CT molecular complexity index is 288. The summed E-state index contributed by atoms with van der Waals surface area (Å²) < 4.78 is 1.01. The predicted octanol–water partition coefficient (Wildman–Crippen LogP) is 1.91. The molecule has 1 aromatic rings. The maximum absolute atomic E-state index is 5.50. The van der Waals surface area contributed by atoms with Gasteiger partial charge in [-0.3, -0.25) is 0 Å². The second kappa shape index (κ2) is 4.58. The maximum atomic E-state index is 5.50. The lowest BCUT2D eigenvalue weighted by Gasteiger charge is -2.13. The van der Waals surface area contributed by atoms with Crippen molar-refractivity contribution in [3.05, 3.63) is 22.3 Å². The van der Waals surface area contributed by atoms with Crippen molar-refractivity contribution in [2.24, 2.45) is 5.73 Å². The molecule has 1 aromatic heterocycles. The Kier molecular flexibility index (Phi) is 3.69. The van der Waals surface area contributed by atoms with Crippen molar-refractivity contribution in [3.63, 3.8) is 0 Å². The fourth-order valence-corrected chi connectivity index (χ4v) is 1.28. The number of halogens is 1. The van der Waals surface area contributed by atoms with E-state index >= 15 is 0 Å². The molecule has 0 amide bonds. The minimum atomic E-state index is 0.241. The van der Waals surface area contributed by atoms with Gasteiger partial charge in [-0.1, -0.05) is 0 Å². The Morgan fingerprint density at radius 2 is 2.38 bits per heavy atom. The van der Waals surface area contributed by atoms with E-state index in [0.29, 0.717) is 6.54 Å². The first-order chi connectivity index (χ1) is 6.15. The van der Waals surface area contributed by atoms with Crippen LogP contribution in [0.3, 0.4) is 0 Å². The molecule has 0 bridgehead atoms. The highest BCUT2D eigenvalue weighted by Gasteiger charge is 2.05. The second-order valence-corrected chi connectivity index (χ2v) is 3.86. The van der Waals surface area contributed by atoms with Gasteiger partial charge in [0.1, 0.15) is 5.82 Å². The van der Waals surface area contributed by atoms with Crippen LogP contribution in [-0.4, -0.2) is 17.6 Å². The van der Waals surface area contributed by atoms with Crippen molar-refractivity contribution in [1.82, 2.24) is 4.98 Å². The minimum absolute atomic E-state index is 0.241. The molecule has 4 heteroatoms. The minimum Gasteiger partial charge on any atom is -0.365 e. The molecule has 0 spiro atoms. The molecule has 0 aliphatic carbocycles. The quantitative estimate of drug-likeness (QED) is 0.853. The van der Waals surface area contributed by atoms with Crippen LogP contribution in [0.2, 0.25) is 0 Å². The number of aromatic nitrogens is 1. The van der Waals surface area contributed by atoms with Gasteiger partial charge in [0, 0.05) is 18.8 Å². The summed E-state index contributed by atoms with van der Waals surface area (Å²) >= 11 is 3.47. The zero-order valence-electron chi connectivity index (χ0n) is 7.84. The van der Waals surface area contributed by atoms with Gasteiger partial charge < -0.3 is 11.1 Å². The summed E-state index contributed by atoms with van der Waals surface area (Å²) in [6.45, 7) is 4.66. The normalized spacial score (nSPS) is 12.6. The number of anilines is 1. The molecule has 0 saturated heterocycles. The molecule has 0 saturated carbocycles. The lowest BCUT2D eigenvalue weighted by atomic mass is 10.3. The molecule has 0 aliphatic rings. The van der Waals surface area contributed by atoms with Gasteiger partial charge in [-0.05, 0) is 41.4 Å². The molecule has 1 heterocycles. The van der Waals surface area contributed by atoms with E-state index in [1.54, 1.807) is 6.20 Å². The lowest BCUT2D eigenvalue weighted by molar-refractivity contribution is 0.797.